The quantitative estimate of drug-likeness (QED) is 0.519. The number of aryl methyl sites for hydroxylation is 2. The number of rotatable bonds is 4. The second-order valence-corrected chi connectivity index (χ2v) is 9.97. The zero-order valence-corrected chi connectivity index (χ0v) is 19.9. The molecule has 5 heterocycles. The summed E-state index contributed by atoms with van der Waals surface area (Å²) in [7, 11) is 0. The van der Waals surface area contributed by atoms with E-state index in [4.69, 9.17) is 4.98 Å². The highest BCUT2D eigenvalue weighted by molar-refractivity contribution is 7.99. The van der Waals surface area contributed by atoms with Crippen molar-refractivity contribution in [1.82, 2.24) is 34.2 Å². The number of amides is 1. The van der Waals surface area contributed by atoms with E-state index in [1.54, 1.807) is 22.5 Å². The Morgan fingerprint density at radius 1 is 1.12 bits per heavy atom. The average molecular weight is 479 g/mol. The van der Waals surface area contributed by atoms with Gasteiger partial charge in [-0.15, -0.1) is 10.2 Å². The first-order valence-electron chi connectivity index (χ1n) is 11.7. The molecule has 1 amide bonds. The standard InChI is InChI=1S/C23H26N8O2S/c1-15-24-7-8-30(15)20-6-5-19(26-27-20)28-9-11-29(12-10-28)21(32)13-16-14-34-23-25-18-4-2-3-17(18)22(33)31(16)23/h5-8,16H,2-4,9-14H2,1H3. The van der Waals surface area contributed by atoms with E-state index in [-0.39, 0.29) is 17.5 Å². The fraction of sp³-hybridized carbons (Fsp3) is 0.478. The van der Waals surface area contributed by atoms with Crippen molar-refractivity contribution >= 4 is 23.5 Å². The van der Waals surface area contributed by atoms with Crippen molar-refractivity contribution in [3.05, 3.63) is 52.0 Å². The van der Waals surface area contributed by atoms with Gasteiger partial charge in [0.05, 0.1) is 11.7 Å². The van der Waals surface area contributed by atoms with E-state index in [0.29, 0.717) is 32.6 Å². The molecule has 1 aliphatic carbocycles. The van der Waals surface area contributed by atoms with Crippen molar-refractivity contribution in [2.75, 3.05) is 36.8 Å². The minimum atomic E-state index is -0.110. The van der Waals surface area contributed by atoms with Crippen molar-refractivity contribution in [3.63, 3.8) is 0 Å². The molecular formula is C23H26N8O2S. The van der Waals surface area contributed by atoms with Gasteiger partial charge in [0, 0.05) is 56.3 Å². The molecule has 2 aliphatic heterocycles. The molecule has 0 N–H and O–H groups in total. The largest absolute Gasteiger partial charge is 0.352 e. The normalized spacial score (nSPS) is 19.4. The Morgan fingerprint density at radius 2 is 1.91 bits per heavy atom. The number of anilines is 1. The summed E-state index contributed by atoms with van der Waals surface area (Å²) in [5.41, 5.74) is 1.88. The van der Waals surface area contributed by atoms with Crippen molar-refractivity contribution < 1.29 is 4.79 Å². The number of hydrogen-bond acceptors (Lipinski definition) is 8. The van der Waals surface area contributed by atoms with E-state index in [2.05, 4.69) is 20.1 Å². The zero-order valence-electron chi connectivity index (χ0n) is 19.1. The molecular weight excluding hydrogens is 452 g/mol. The summed E-state index contributed by atoms with van der Waals surface area (Å²) in [5, 5.41) is 9.51. The van der Waals surface area contributed by atoms with Gasteiger partial charge in [-0.25, -0.2) is 9.97 Å². The lowest BCUT2D eigenvalue weighted by molar-refractivity contribution is -0.132. The second kappa shape index (κ2) is 8.53. The number of carbonyl (C=O) groups is 1. The maximum Gasteiger partial charge on any atom is 0.257 e. The van der Waals surface area contributed by atoms with Gasteiger partial charge in [-0.1, -0.05) is 11.8 Å². The van der Waals surface area contributed by atoms with Crippen LogP contribution in [-0.4, -0.2) is 72.0 Å². The Labute approximate surface area is 201 Å². The Hall–Kier alpha value is -3.21. The fourth-order valence-electron chi connectivity index (χ4n) is 5.05. The van der Waals surface area contributed by atoms with Crippen LogP contribution in [0.4, 0.5) is 5.82 Å². The van der Waals surface area contributed by atoms with E-state index >= 15 is 0 Å². The molecule has 10 nitrogen and oxygen atoms in total. The first-order valence-corrected chi connectivity index (χ1v) is 12.7. The number of aromatic nitrogens is 6. The third-order valence-electron chi connectivity index (χ3n) is 6.95. The molecule has 0 aromatic carbocycles. The highest BCUT2D eigenvalue weighted by Crippen LogP contribution is 2.34. The van der Waals surface area contributed by atoms with Crippen LogP contribution in [0.2, 0.25) is 0 Å². The summed E-state index contributed by atoms with van der Waals surface area (Å²) in [4.78, 5) is 39.1. The summed E-state index contributed by atoms with van der Waals surface area (Å²) in [6, 6.07) is 3.79. The van der Waals surface area contributed by atoms with E-state index in [1.165, 1.54) is 0 Å². The van der Waals surface area contributed by atoms with Gasteiger partial charge < -0.3 is 9.80 Å². The molecule has 6 rings (SSSR count). The van der Waals surface area contributed by atoms with Crippen molar-refractivity contribution in [2.24, 2.45) is 0 Å². The summed E-state index contributed by atoms with van der Waals surface area (Å²) < 4.78 is 3.67. The molecule has 0 spiro atoms. The zero-order chi connectivity index (χ0) is 23.2. The molecule has 11 heteroatoms. The molecule has 3 aliphatic rings. The molecule has 1 atom stereocenters. The second-order valence-electron chi connectivity index (χ2n) is 8.98. The molecule has 0 bridgehead atoms. The lowest BCUT2D eigenvalue weighted by Gasteiger charge is -2.35. The van der Waals surface area contributed by atoms with Gasteiger partial charge in [0.15, 0.2) is 16.8 Å². The first-order chi connectivity index (χ1) is 16.6. The molecule has 176 valence electrons. The van der Waals surface area contributed by atoms with Gasteiger partial charge in [-0.05, 0) is 38.3 Å². The Balaban J connectivity index is 1.08. The highest BCUT2D eigenvalue weighted by atomic mass is 32.2. The first kappa shape index (κ1) is 21.3. The molecule has 1 unspecified atom stereocenters. The Kier molecular flexibility index (Phi) is 5.35. The lowest BCUT2D eigenvalue weighted by Crippen LogP contribution is -2.49. The van der Waals surface area contributed by atoms with E-state index < -0.39 is 0 Å². The Bertz CT molecular complexity index is 1290. The molecule has 0 saturated carbocycles. The SMILES string of the molecule is Cc1nccn1-c1ccc(N2CCN(C(=O)CC3CSc4nc5c(c(=O)n43)CCC5)CC2)nn1. The monoisotopic (exact) mass is 478 g/mol. The summed E-state index contributed by atoms with van der Waals surface area (Å²) in [6.07, 6.45) is 6.64. The van der Waals surface area contributed by atoms with Gasteiger partial charge >= 0.3 is 0 Å². The van der Waals surface area contributed by atoms with Crippen LogP contribution in [0.15, 0.2) is 34.5 Å². The summed E-state index contributed by atoms with van der Waals surface area (Å²) in [6.45, 7) is 4.60. The number of piperazine rings is 1. The average Bonchev–Trinajstić information content (AvgIpc) is 3.60. The topological polar surface area (TPSA) is 102 Å². The van der Waals surface area contributed by atoms with Gasteiger partial charge in [0.2, 0.25) is 5.91 Å². The van der Waals surface area contributed by atoms with Crippen LogP contribution >= 0.6 is 11.8 Å². The van der Waals surface area contributed by atoms with E-state index in [0.717, 1.165) is 58.9 Å². The molecule has 34 heavy (non-hydrogen) atoms. The summed E-state index contributed by atoms with van der Waals surface area (Å²) in [5.74, 6) is 3.23. The maximum absolute atomic E-state index is 13.1. The van der Waals surface area contributed by atoms with Gasteiger partial charge in [0.1, 0.15) is 5.82 Å². The predicted molar refractivity (Wildman–Crippen MR) is 128 cm³/mol. The van der Waals surface area contributed by atoms with Gasteiger partial charge in [-0.3, -0.25) is 18.7 Å². The maximum atomic E-state index is 13.1. The highest BCUT2D eigenvalue weighted by Gasteiger charge is 2.33. The number of thioether (sulfide) groups is 1. The third kappa shape index (κ3) is 3.67. The molecule has 1 saturated heterocycles. The van der Waals surface area contributed by atoms with Crippen molar-refractivity contribution in [3.8, 4) is 5.82 Å². The van der Waals surface area contributed by atoms with Gasteiger partial charge in [-0.2, -0.15) is 0 Å². The number of carbonyl (C=O) groups excluding carboxylic acids is 1. The lowest BCUT2D eigenvalue weighted by atomic mass is 10.1. The predicted octanol–water partition coefficient (Wildman–Crippen LogP) is 1.40. The number of hydrogen-bond donors (Lipinski definition) is 0. The van der Waals surface area contributed by atoms with Crippen molar-refractivity contribution in [2.45, 2.75) is 43.8 Å². The van der Waals surface area contributed by atoms with Crippen LogP contribution in [-0.2, 0) is 17.6 Å². The Morgan fingerprint density at radius 3 is 2.65 bits per heavy atom. The van der Waals surface area contributed by atoms with Crippen LogP contribution in [0.5, 0.6) is 0 Å². The minimum absolute atomic E-state index is 0.0676. The third-order valence-corrected chi connectivity index (χ3v) is 8.05. The van der Waals surface area contributed by atoms with Crippen LogP contribution in [0, 0.1) is 6.92 Å². The molecule has 1 fully saturated rings. The minimum Gasteiger partial charge on any atom is -0.352 e. The van der Waals surface area contributed by atoms with E-state index in [9.17, 15) is 9.59 Å². The number of nitrogens with zero attached hydrogens (tertiary/aromatic N) is 8. The van der Waals surface area contributed by atoms with E-state index in [1.807, 2.05) is 34.7 Å². The fourth-order valence-corrected chi connectivity index (χ4v) is 6.21. The molecule has 0 radical (unpaired) electrons. The molecule has 3 aromatic heterocycles. The number of fused-ring (bicyclic) bond motifs is 2. The smallest absolute Gasteiger partial charge is 0.257 e. The van der Waals surface area contributed by atoms with Gasteiger partial charge in [0.25, 0.3) is 5.56 Å². The number of imidazole rings is 1. The summed E-state index contributed by atoms with van der Waals surface area (Å²) >= 11 is 1.60. The van der Waals surface area contributed by atoms with Crippen LogP contribution in [0.1, 0.15) is 36.0 Å². The van der Waals surface area contributed by atoms with Crippen LogP contribution in [0.25, 0.3) is 5.82 Å². The molecule has 3 aromatic rings. The van der Waals surface area contributed by atoms with Crippen LogP contribution < -0.4 is 10.5 Å². The van der Waals surface area contributed by atoms with Crippen molar-refractivity contribution in [1.29, 1.82) is 0 Å². The van der Waals surface area contributed by atoms with Crippen LogP contribution in [0.3, 0.4) is 0 Å².